The molecule has 0 bridgehead atoms. The predicted octanol–water partition coefficient (Wildman–Crippen LogP) is 2.09. The van der Waals surface area contributed by atoms with Gasteiger partial charge in [0.25, 0.3) is 0 Å². The zero-order chi connectivity index (χ0) is 15.1. The lowest BCUT2D eigenvalue weighted by atomic mass is 9.51. The molecule has 1 spiro atoms. The summed E-state index contributed by atoms with van der Waals surface area (Å²) in [6.45, 7) is 2.78. The van der Waals surface area contributed by atoms with Crippen molar-refractivity contribution in [2.24, 2.45) is 10.6 Å². The first kappa shape index (κ1) is 14.8. The van der Waals surface area contributed by atoms with Crippen LogP contribution in [0, 0.1) is 5.41 Å². The van der Waals surface area contributed by atoms with E-state index in [4.69, 9.17) is 9.88 Å². The average molecular weight is 310 g/mol. The lowest BCUT2D eigenvalue weighted by Gasteiger charge is -2.61. The third-order valence-electron chi connectivity index (χ3n) is 4.94. The van der Waals surface area contributed by atoms with Crippen LogP contribution in [0.3, 0.4) is 0 Å². The smallest absolute Gasteiger partial charge is 0.238 e. The molecule has 0 aromatic heterocycles. The summed E-state index contributed by atoms with van der Waals surface area (Å²) in [4.78, 5) is 0.149. The second kappa shape index (κ2) is 5.26. The molecular formula is C15H22N2O3S. The van der Waals surface area contributed by atoms with E-state index in [1.54, 1.807) is 12.1 Å². The van der Waals surface area contributed by atoms with E-state index in [9.17, 15) is 8.42 Å². The third kappa shape index (κ3) is 2.56. The molecule has 3 N–H and O–H groups in total. The van der Waals surface area contributed by atoms with Gasteiger partial charge < -0.3 is 10.1 Å². The van der Waals surface area contributed by atoms with Crippen molar-refractivity contribution in [3.8, 4) is 0 Å². The summed E-state index contributed by atoms with van der Waals surface area (Å²) in [6.07, 6.45) is 4.94. The Morgan fingerprint density at radius 1 is 1.43 bits per heavy atom. The predicted molar refractivity (Wildman–Crippen MR) is 81.5 cm³/mol. The number of hydrogen-bond donors (Lipinski definition) is 2. The van der Waals surface area contributed by atoms with Crippen molar-refractivity contribution in [2.45, 2.75) is 49.6 Å². The summed E-state index contributed by atoms with van der Waals surface area (Å²) in [6, 6.07) is 7.08. The molecule has 21 heavy (non-hydrogen) atoms. The first-order valence-corrected chi connectivity index (χ1v) is 9.01. The molecule has 0 radical (unpaired) electrons. The van der Waals surface area contributed by atoms with Crippen molar-refractivity contribution >= 4 is 15.7 Å². The molecule has 0 saturated heterocycles. The number of benzene rings is 1. The number of primary sulfonamides is 1. The maximum Gasteiger partial charge on any atom is 0.238 e. The Kier molecular flexibility index (Phi) is 3.71. The van der Waals surface area contributed by atoms with Crippen LogP contribution in [0.15, 0.2) is 29.2 Å². The monoisotopic (exact) mass is 310 g/mol. The number of sulfonamides is 1. The van der Waals surface area contributed by atoms with E-state index >= 15 is 0 Å². The molecule has 0 amide bonds. The van der Waals surface area contributed by atoms with Crippen molar-refractivity contribution in [2.75, 3.05) is 11.9 Å². The summed E-state index contributed by atoms with van der Waals surface area (Å²) >= 11 is 0. The van der Waals surface area contributed by atoms with Crippen LogP contribution < -0.4 is 10.5 Å². The molecular weight excluding hydrogens is 288 g/mol. The Balaban J connectivity index is 1.73. The van der Waals surface area contributed by atoms with Crippen molar-refractivity contribution in [1.82, 2.24) is 0 Å². The first-order valence-electron chi connectivity index (χ1n) is 7.47. The highest BCUT2D eigenvalue weighted by Crippen LogP contribution is 2.58. The number of rotatable bonds is 5. The standard InChI is InChI=1S/C15H22N2O3S/c1-2-20-14-10-13(15(14)7-4-8-15)17-11-5-3-6-12(9-11)21(16,18)19/h3,5-6,9,13-14,17H,2,4,7-8,10H2,1H3,(H2,16,18,19). The molecule has 0 aliphatic heterocycles. The van der Waals surface area contributed by atoms with Crippen LogP contribution >= 0.6 is 0 Å². The summed E-state index contributed by atoms with van der Waals surface area (Å²) in [5.41, 5.74) is 1.06. The van der Waals surface area contributed by atoms with Crippen LogP contribution in [0.2, 0.25) is 0 Å². The van der Waals surface area contributed by atoms with Gasteiger partial charge in [-0.25, -0.2) is 13.6 Å². The number of hydrogen-bond acceptors (Lipinski definition) is 4. The molecule has 6 heteroatoms. The maximum atomic E-state index is 11.4. The normalized spacial score (nSPS) is 27.0. The number of ether oxygens (including phenoxy) is 1. The van der Waals surface area contributed by atoms with Gasteiger partial charge in [-0.1, -0.05) is 12.5 Å². The Bertz CT molecular complexity index is 626. The SMILES string of the molecule is CCOC1CC(Nc2cccc(S(N)(=O)=O)c2)C12CCC2. The molecule has 2 fully saturated rings. The van der Waals surface area contributed by atoms with Crippen molar-refractivity contribution in [1.29, 1.82) is 0 Å². The summed E-state index contributed by atoms with van der Waals surface area (Å²) < 4.78 is 28.7. The zero-order valence-corrected chi connectivity index (χ0v) is 13.0. The molecule has 0 heterocycles. The van der Waals surface area contributed by atoms with Gasteiger partial charge in [0.2, 0.25) is 10.0 Å². The average Bonchev–Trinajstić information content (AvgIpc) is 2.35. The number of nitrogens with one attached hydrogen (secondary N) is 1. The summed E-state index contributed by atoms with van der Waals surface area (Å²) in [5.74, 6) is 0. The van der Waals surface area contributed by atoms with Crippen LogP contribution in [0.1, 0.15) is 32.6 Å². The van der Waals surface area contributed by atoms with Crippen LogP contribution in [-0.4, -0.2) is 27.2 Å². The van der Waals surface area contributed by atoms with E-state index in [0.29, 0.717) is 12.1 Å². The lowest BCUT2D eigenvalue weighted by molar-refractivity contribution is -0.157. The van der Waals surface area contributed by atoms with Gasteiger partial charge in [-0.3, -0.25) is 0 Å². The fraction of sp³-hybridized carbons (Fsp3) is 0.600. The van der Waals surface area contributed by atoms with Gasteiger partial charge in [-0.05, 0) is 44.4 Å². The van der Waals surface area contributed by atoms with Gasteiger partial charge in [0, 0.05) is 23.8 Å². The number of nitrogens with two attached hydrogens (primary N) is 1. The van der Waals surface area contributed by atoms with Crippen molar-refractivity contribution in [3.05, 3.63) is 24.3 Å². The summed E-state index contributed by atoms with van der Waals surface area (Å²) in [7, 11) is -3.65. The molecule has 1 aromatic rings. The van der Waals surface area contributed by atoms with E-state index in [-0.39, 0.29) is 10.3 Å². The second-order valence-electron chi connectivity index (χ2n) is 6.04. The molecule has 3 rings (SSSR count). The molecule has 1 aromatic carbocycles. The fourth-order valence-electron chi connectivity index (χ4n) is 3.60. The Hall–Kier alpha value is -1.11. The molecule has 2 atom stereocenters. The Morgan fingerprint density at radius 3 is 2.76 bits per heavy atom. The van der Waals surface area contributed by atoms with Gasteiger partial charge in [0.15, 0.2) is 0 Å². The molecule has 2 saturated carbocycles. The highest BCUT2D eigenvalue weighted by atomic mass is 32.2. The van der Waals surface area contributed by atoms with Gasteiger partial charge in [-0.15, -0.1) is 0 Å². The van der Waals surface area contributed by atoms with Crippen LogP contribution in [0.25, 0.3) is 0 Å². The number of anilines is 1. The van der Waals surface area contributed by atoms with Crippen LogP contribution in [0.4, 0.5) is 5.69 Å². The largest absolute Gasteiger partial charge is 0.382 e. The lowest BCUT2D eigenvalue weighted by Crippen LogP contribution is -2.64. The van der Waals surface area contributed by atoms with Gasteiger partial charge >= 0.3 is 0 Å². The van der Waals surface area contributed by atoms with E-state index in [1.165, 1.54) is 25.3 Å². The van der Waals surface area contributed by atoms with E-state index < -0.39 is 10.0 Å². The van der Waals surface area contributed by atoms with Crippen molar-refractivity contribution < 1.29 is 13.2 Å². The van der Waals surface area contributed by atoms with Crippen LogP contribution in [-0.2, 0) is 14.8 Å². The topological polar surface area (TPSA) is 81.4 Å². The molecule has 116 valence electrons. The third-order valence-corrected chi connectivity index (χ3v) is 5.85. The van der Waals surface area contributed by atoms with E-state index in [0.717, 1.165) is 18.7 Å². The summed E-state index contributed by atoms with van der Waals surface area (Å²) in [5, 5.41) is 8.65. The van der Waals surface area contributed by atoms with Gasteiger partial charge in [0.1, 0.15) is 0 Å². The minimum absolute atomic E-state index is 0.149. The van der Waals surface area contributed by atoms with E-state index in [2.05, 4.69) is 5.32 Å². The Labute approximate surface area is 125 Å². The van der Waals surface area contributed by atoms with Crippen molar-refractivity contribution in [3.63, 3.8) is 0 Å². The maximum absolute atomic E-state index is 11.4. The minimum atomic E-state index is -3.65. The quantitative estimate of drug-likeness (QED) is 0.872. The molecule has 2 aliphatic carbocycles. The molecule has 2 aliphatic rings. The minimum Gasteiger partial charge on any atom is -0.382 e. The van der Waals surface area contributed by atoms with E-state index in [1.807, 2.05) is 13.0 Å². The van der Waals surface area contributed by atoms with Gasteiger partial charge in [0.05, 0.1) is 11.0 Å². The first-order chi connectivity index (χ1) is 9.95. The van der Waals surface area contributed by atoms with Gasteiger partial charge in [-0.2, -0.15) is 0 Å². The van der Waals surface area contributed by atoms with Crippen LogP contribution in [0.5, 0.6) is 0 Å². The molecule has 2 unspecified atom stereocenters. The highest BCUT2D eigenvalue weighted by molar-refractivity contribution is 7.89. The fourth-order valence-corrected chi connectivity index (χ4v) is 4.16. The highest BCUT2D eigenvalue weighted by Gasteiger charge is 2.58. The second-order valence-corrected chi connectivity index (χ2v) is 7.60. The Morgan fingerprint density at radius 2 is 2.19 bits per heavy atom. The zero-order valence-electron chi connectivity index (χ0n) is 12.2. The molecule has 5 nitrogen and oxygen atoms in total.